The zero-order valence-corrected chi connectivity index (χ0v) is 19.8. The van der Waals surface area contributed by atoms with Crippen molar-refractivity contribution < 1.29 is 8.83 Å². The molecule has 5 aromatic carbocycles. The molecule has 36 heavy (non-hydrogen) atoms. The van der Waals surface area contributed by atoms with Crippen LogP contribution < -0.4 is 0 Å². The number of aromatic nitrogens is 2. The van der Waals surface area contributed by atoms with E-state index in [1.54, 1.807) is 0 Å². The summed E-state index contributed by atoms with van der Waals surface area (Å²) < 4.78 is 17.6. The summed E-state index contributed by atoms with van der Waals surface area (Å²) in [5.41, 5.74) is 8.19. The first kappa shape index (κ1) is 18.6. The SMILES string of the molecule is Cn1c2cc3ccccc3cc2c2oc3cc4c(cc3c21)oc1c2cc3ccccc3cc2n(C)c41. The number of nitrogens with zero attached hydrogens (tertiary/aromatic N) is 2. The van der Waals surface area contributed by atoms with Gasteiger partial charge in [0.2, 0.25) is 0 Å². The fraction of sp³-hybridized carbons (Fsp3) is 0.0625. The first-order valence-electron chi connectivity index (χ1n) is 12.2. The zero-order valence-electron chi connectivity index (χ0n) is 19.8. The number of rotatable bonds is 0. The number of aryl methyl sites for hydroxylation is 2. The molecular weight excluding hydrogens is 444 g/mol. The average molecular weight is 465 g/mol. The molecule has 0 N–H and O–H groups in total. The van der Waals surface area contributed by atoms with Crippen LogP contribution >= 0.6 is 0 Å². The minimum Gasteiger partial charge on any atom is -0.454 e. The maximum Gasteiger partial charge on any atom is 0.161 e. The maximum absolute atomic E-state index is 6.57. The van der Waals surface area contributed by atoms with E-state index >= 15 is 0 Å². The molecule has 0 saturated carbocycles. The summed E-state index contributed by atoms with van der Waals surface area (Å²) in [6, 6.07) is 30.3. The smallest absolute Gasteiger partial charge is 0.161 e. The van der Waals surface area contributed by atoms with Crippen LogP contribution in [0.4, 0.5) is 0 Å². The van der Waals surface area contributed by atoms with E-state index in [4.69, 9.17) is 8.83 Å². The second-order valence-electron chi connectivity index (χ2n) is 9.96. The second kappa shape index (κ2) is 6.10. The van der Waals surface area contributed by atoms with Gasteiger partial charge in [0.05, 0.1) is 22.1 Å². The van der Waals surface area contributed by atoms with Gasteiger partial charge in [0.1, 0.15) is 11.2 Å². The van der Waals surface area contributed by atoms with E-state index in [1.165, 1.54) is 32.6 Å². The van der Waals surface area contributed by atoms with Crippen LogP contribution in [0.5, 0.6) is 0 Å². The highest BCUT2D eigenvalue weighted by Gasteiger charge is 2.22. The Morgan fingerprint density at radius 2 is 0.861 bits per heavy atom. The van der Waals surface area contributed by atoms with Gasteiger partial charge in [0.15, 0.2) is 11.2 Å². The second-order valence-corrected chi connectivity index (χ2v) is 9.96. The standard InChI is InChI=1S/C32H20N2O2/c1-33-25-13-19-9-5-3-7-17(19)11-21(25)31-29(33)23-15-28-24(16-27(23)35-31)30-32(36-28)22-12-18-8-4-6-10-20(18)14-26(22)34(30)2/h3-16H,1-2H3. The summed E-state index contributed by atoms with van der Waals surface area (Å²) >= 11 is 0. The van der Waals surface area contributed by atoms with Crippen molar-refractivity contribution in [2.24, 2.45) is 14.1 Å². The van der Waals surface area contributed by atoms with Crippen LogP contribution in [-0.2, 0) is 14.1 Å². The molecule has 0 bridgehead atoms. The predicted molar refractivity (Wildman–Crippen MR) is 149 cm³/mol. The van der Waals surface area contributed by atoms with Crippen LogP contribution in [0, 0.1) is 0 Å². The molecule has 4 heteroatoms. The quantitative estimate of drug-likeness (QED) is 0.225. The number of hydrogen-bond donors (Lipinski definition) is 0. The van der Waals surface area contributed by atoms with Gasteiger partial charge in [-0.3, -0.25) is 0 Å². The summed E-state index contributed by atoms with van der Waals surface area (Å²) in [4.78, 5) is 0. The van der Waals surface area contributed by atoms with Crippen molar-refractivity contribution in [2.45, 2.75) is 0 Å². The Balaban J connectivity index is 1.41. The Morgan fingerprint density at radius 1 is 0.472 bits per heavy atom. The molecule has 4 aromatic heterocycles. The molecule has 4 heterocycles. The molecule has 0 atom stereocenters. The number of hydrogen-bond acceptors (Lipinski definition) is 2. The van der Waals surface area contributed by atoms with E-state index in [2.05, 4.69) is 108 Å². The maximum atomic E-state index is 6.57. The highest BCUT2D eigenvalue weighted by molar-refractivity contribution is 6.23. The lowest BCUT2D eigenvalue weighted by molar-refractivity contribution is 0.667. The molecule has 0 aliphatic rings. The highest BCUT2D eigenvalue weighted by atomic mass is 16.3. The van der Waals surface area contributed by atoms with Crippen LogP contribution in [0.1, 0.15) is 0 Å². The molecule has 9 aromatic rings. The molecule has 0 spiro atoms. The molecular formula is C32H20N2O2. The number of benzene rings is 5. The van der Waals surface area contributed by atoms with E-state index in [-0.39, 0.29) is 0 Å². The van der Waals surface area contributed by atoms with Gasteiger partial charge in [-0.05, 0) is 57.9 Å². The van der Waals surface area contributed by atoms with Crippen molar-refractivity contribution in [3.8, 4) is 0 Å². The molecule has 0 saturated heterocycles. The monoisotopic (exact) mass is 464 g/mol. The lowest BCUT2D eigenvalue weighted by atomic mass is 10.1. The predicted octanol–water partition coefficient (Wildman–Crippen LogP) is 8.78. The van der Waals surface area contributed by atoms with Gasteiger partial charge < -0.3 is 18.0 Å². The first-order valence-corrected chi connectivity index (χ1v) is 12.2. The molecule has 0 aliphatic heterocycles. The Labute approximate surface area is 204 Å². The molecule has 0 unspecified atom stereocenters. The third-order valence-electron chi connectivity index (χ3n) is 8.06. The highest BCUT2D eigenvalue weighted by Crippen LogP contribution is 2.43. The molecule has 0 radical (unpaired) electrons. The zero-order chi connectivity index (χ0) is 23.7. The lowest BCUT2D eigenvalue weighted by Crippen LogP contribution is -1.87. The van der Waals surface area contributed by atoms with Gasteiger partial charge in [-0.15, -0.1) is 0 Å². The normalized spacial score (nSPS) is 12.7. The van der Waals surface area contributed by atoms with Crippen molar-refractivity contribution in [1.82, 2.24) is 9.13 Å². The molecule has 170 valence electrons. The summed E-state index contributed by atoms with van der Waals surface area (Å²) in [5, 5.41) is 9.34. The number of furan rings is 2. The van der Waals surface area contributed by atoms with Crippen molar-refractivity contribution in [1.29, 1.82) is 0 Å². The van der Waals surface area contributed by atoms with Gasteiger partial charge in [-0.1, -0.05) is 48.5 Å². The minimum atomic E-state index is 0.885. The number of fused-ring (bicyclic) bond motifs is 12. The van der Waals surface area contributed by atoms with E-state index < -0.39 is 0 Å². The Bertz CT molecular complexity index is 2220. The van der Waals surface area contributed by atoms with Crippen molar-refractivity contribution in [2.75, 3.05) is 0 Å². The molecule has 9 rings (SSSR count). The molecule has 0 aliphatic carbocycles. The van der Waals surface area contributed by atoms with Crippen molar-refractivity contribution in [3.63, 3.8) is 0 Å². The van der Waals surface area contributed by atoms with E-state index in [9.17, 15) is 0 Å². The third-order valence-corrected chi connectivity index (χ3v) is 8.06. The lowest BCUT2D eigenvalue weighted by Gasteiger charge is -2.02. The summed E-state index contributed by atoms with van der Waals surface area (Å²) in [7, 11) is 4.24. The average Bonchev–Trinajstić information content (AvgIpc) is 3.60. The summed E-state index contributed by atoms with van der Waals surface area (Å²) in [6.07, 6.45) is 0. The molecule has 4 nitrogen and oxygen atoms in total. The Hall–Kier alpha value is -4.70. The fourth-order valence-corrected chi connectivity index (χ4v) is 6.31. The van der Waals surface area contributed by atoms with Crippen LogP contribution in [0.15, 0.2) is 93.8 Å². The third kappa shape index (κ3) is 2.12. The van der Waals surface area contributed by atoms with Crippen LogP contribution in [0.3, 0.4) is 0 Å². The van der Waals surface area contributed by atoms with Gasteiger partial charge in [0.25, 0.3) is 0 Å². The van der Waals surface area contributed by atoms with Gasteiger partial charge in [-0.2, -0.15) is 0 Å². The largest absolute Gasteiger partial charge is 0.454 e. The molecule has 0 amide bonds. The van der Waals surface area contributed by atoms with Crippen molar-refractivity contribution in [3.05, 3.63) is 84.9 Å². The minimum absolute atomic E-state index is 0.885. The topological polar surface area (TPSA) is 36.1 Å². The van der Waals surface area contributed by atoms with Gasteiger partial charge in [-0.25, -0.2) is 0 Å². The van der Waals surface area contributed by atoms with Crippen LogP contribution in [0.2, 0.25) is 0 Å². The summed E-state index contributed by atoms with van der Waals surface area (Å²) in [6.45, 7) is 0. The van der Waals surface area contributed by atoms with E-state index in [1.807, 2.05) is 0 Å². The first-order chi connectivity index (χ1) is 17.7. The molecule has 0 fully saturated rings. The fourth-order valence-electron chi connectivity index (χ4n) is 6.31. The van der Waals surface area contributed by atoms with Gasteiger partial charge in [0, 0.05) is 35.6 Å². The van der Waals surface area contributed by atoms with E-state index in [0.29, 0.717) is 0 Å². The van der Waals surface area contributed by atoms with E-state index in [0.717, 1.165) is 54.9 Å². The summed E-state index contributed by atoms with van der Waals surface area (Å²) in [5.74, 6) is 0. The van der Waals surface area contributed by atoms with Crippen LogP contribution in [-0.4, -0.2) is 9.13 Å². The Kier molecular flexibility index (Phi) is 3.15. The van der Waals surface area contributed by atoms with Crippen LogP contribution in [0.25, 0.3) is 87.5 Å². The van der Waals surface area contributed by atoms with Gasteiger partial charge >= 0.3 is 0 Å². The van der Waals surface area contributed by atoms with Crippen molar-refractivity contribution >= 4 is 87.5 Å². The Morgan fingerprint density at radius 3 is 1.28 bits per heavy atom.